The fourth-order valence-corrected chi connectivity index (χ4v) is 1.77. The number of fused-ring (bicyclic) bond motifs is 1. The van der Waals surface area contributed by atoms with Crippen molar-refractivity contribution in [3.05, 3.63) is 33.1 Å². The highest BCUT2D eigenvalue weighted by atomic mass is 79.9. The predicted octanol–water partition coefficient (Wildman–Crippen LogP) is 3.59. The Morgan fingerprint density at radius 1 is 1.38 bits per heavy atom. The topological polar surface area (TPSA) is 17.3 Å². The van der Waals surface area contributed by atoms with E-state index < -0.39 is 0 Å². The molecular weight excluding hydrogens is 319 g/mol. The molecule has 0 radical (unpaired) electrons. The van der Waals surface area contributed by atoms with Crippen LogP contribution < -0.4 is 0 Å². The Morgan fingerprint density at radius 3 is 2.77 bits per heavy atom. The predicted molar refractivity (Wildman–Crippen MR) is 62.6 cm³/mol. The molecule has 0 saturated carbocycles. The minimum Gasteiger partial charge on any atom is -0.293 e. The van der Waals surface area contributed by atoms with Crippen molar-refractivity contribution < 1.29 is 0 Å². The van der Waals surface area contributed by atoms with Crippen LogP contribution in [0.2, 0.25) is 0 Å². The maximum absolute atomic E-state index is 4.22. The lowest BCUT2D eigenvalue weighted by Crippen LogP contribution is -1.86. The molecule has 0 atom stereocenters. The molecule has 70 valence electrons. The van der Waals surface area contributed by atoms with Crippen molar-refractivity contribution in [2.75, 3.05) is 0 Å². The molecule has 0 aliphatic carbocycles. The highest BCUT2D eigenvalue weighted by Crippen LogP contribution is 2.20. The first-order valence-electron chi connectivity index (χ1n) is 3.47. The molecule has 0 amide bonds. The summed E-state index contributed by atoms with van der Waals surface area (Å²) >= 11 is 6.87. The molecule has 0 bridgehead atoms. The van der Waals surface area contributed by atoms with Crippen molar-refractivity contribution in [1.29, 1.82) is 0 Å². The van der Waals surface area contributed by atoms with Crippen LogP contribution in [0, 0.1) is 6.92 Å². The molecule has 0 spiro atoms. The molecule has 0 aliphatic rings. The lowest BCUT2D eigenvalue weighted by molar-refractivity contribution is 1.13. The smallest absolute Gasteiger partial charge is 0.137 e. The van der Waals surface area contributed by atoms with Crippen molar-refractivity contribution in [3.63, 3.8) is 0 Å². The second kappa shape index (κ2) is 3.98. The molecule has 5 heteroatoms. The summed E-state index contributed by atoms with van der Waals surface area (Å²) in [5.41, 5.74) is 2.16. The molecule has 2 aromatic rings. The molecule has 0 unspecified atom stereocenters. The zero-order valence-corrected chi connectivity index (χ0v) is 10.8. The molecule has 0 saturated heterocycles. The summed E-state index contributed by atoms with van der Waals surface area (Å²) in [5, 5.41) is 0. The Bertz CT molecular complexity index is 439. The normalized spacial score (nSPS) is 10.1. The third-order valence-corrected chi connectivity index (χ3v) is 3.16. The largest absolute Gasteiger partial charge is 0.293 e. The number of imidazole rings is 1. The maximum atomic E-state index is 4.22. The lowest BCUT2D eigenvalue weighted by atomic mass is 10.3. The Labute approximate surface area is 99.0 Å². The molecule has 13 heavy (non-hydrogen) atoms. The molecule has 0 aromatic carbocycles. The van der Waals surface area contributed by atoms with Crippen LogP contribution in [0.15, 0.2) is 27.5 Å². The van der Waals surface area contributed by atoms with Crippen LogP contribution in [-0.2, 0) is 0 Å². The zero-order valence-electron chi connectivity index (χ0n) is 6.79. The van der Waals surface area contributed by atoms with Gasteiger partial charge in [0.25, 0.3) is 0 Å². The van der Waals surface area contributed by atoms with E-state index in [-0.39, 0.29) is 12.4 Å². The molecule has 2 rings (SSSR count). The van der Waals surface area contributed by atoms with Crippen LogP contribution in [0.3, 0.4) is 0 Å². The number of rotatable bonds is 0. The SMILES string of the molecule is Cc1cc2ncc(Br)n2cc1Br.Cl. The molecule has 0 fully saturated rings. The van der Waals surface area contributed by atoms with Crippen LogP contribution in [0.1, 0.15) is 5.56 Å². The van der Waals surface area contributed by atoms with Crippen LogP contribution >= 0.6 is 44.3 Å². The average Bonchev–Trinajstić information content (AvgIpc) is 2.35. The van der Waals surface area contributed by atoms with E-state index in [9.17, 15) is 0 Å². The maximum Gasteiger partial charge on any atom is 0.137 e. The number of aryl methyl sites for hydroxylation is 1. The van der Waals surface area contributed by atoms with Gasteiger partial charge in [0.05, 0.1) is 6.20 Å². The zero-order chi connectivity index (χ0) is 8.72. The van der Waals surface area contributed by atoms with E-state index in [4.69, 9.17) is 0 Å². The number of hydrogen-bond acceptors (Lipinski definition) is 1. The highest BCUT2D eigenvalue weighted by molar-refractivity contribution is 9.10. The van der Waals surface area contributed by atoms with Crippen molar-refractivity contribution >= 4 is 49.9 Å². The van der Waals surface area contributed by atoms with Gasteiger partial charge < -0.3 is 0 Å². The first kappa shape index (κ1) is 11.0. The molecule has 0 aliphatic heterocycles. The summed E-state index contributed by atoms with van der Waals surface area (Å²) < 4.78 is 4.05. The highest BCUT2D eigenvalue weighted by Gasteiger charge is 2.02. The van der Waals surface area contributed by atoms with E-state index in [1.54, 1.807) is 6.20 Å². The average molecular weight is 326 g/mol. The summed E-state index contributed by atoms with van der Waals surface area (Å²) in [5.74, 6) is 0. The number of nitrogens with zero attached hydrogens (tertiary/aromatic N) is 2. The number of halogens is 3. The van der Waals surface area contributed by atoms with Crippen molar-refractivity contribution in [2.45, 2.75) is 6.92 Å². The van der Waals surface area contributed by atoms with E-state index in [1.165, 1.54) is 5.56 Å². The van der Waals surface area contributed by atoms with Gasteiger partial charge in [-0.15, -0.1) is 12.4 Å². The van der Waals surface area contributed by atoms with E-state index in [2.05, 4.69) is 36.8 Å². The van der Waals surface area contributed by atoms with Gasteiger partial charge in [-0.2, -0.15) is 0 Å². The molecular formula is C8H7Br2ClN2. The van der Waals surface area contributed by atoms with Crippen LogP contribution in [0.4, 0.5) is 0 Å². The third kappa shape index (κ3) is 1.90. The quantitative estimate of drug-likeness (QED) is 0.723. The lowest BCUT2D eigenvalue weighted by Gasteiger charge is -1.99. The number of hydrogen-bond donors (Lipinski definition) is 0. The minimum atomic E-state index is 0. The van der Waals surface area contributed by atoms with Crippen LogP contribution in [0.25, 0.3) is 5.65 Å². The van der Waals surface area contributed by atoms with E-state index >= 15 is 0 Å². The summed E-state index contributed by atoms with van der Waals surface area (Å²) in [6, 6.07) is 2.04. The molecule has 0 N–H and O–H groups in total. The van der Waals surface area contributed by atoms with Gasteiger partial charge in [0.1, 0.15) is 10.3 Å². The van der Waals surface area contributed by atoms with Gasteiger partial charge >= 0.3 is 0 Å². The van der Waals surface area contributed by atoms with Crippen molar-refractivity contribution in [3.8, 4) is 0 Å². The van der Waals surface area contributed by atoms with Crippen molar-refractivity contribution in [1.82, 2.24) is 9.38 Å². The van der Waals surface area contributed by atoms with Gasteiger partial charge in [0.2, 0.25) is 0 Å². The van der Waals surface area contributed by atoms with Crippen molar-refractivity contribution in [2.24, 2.45) is 0 Å². The van der Waals surface area contributed by atoms with Gasteiger partial charge in [-0.1, -0.05) is 0 Å². The summed E-state index contributed by atoms with van der Waals surface area (Å²) in [7, 11) is 0. The summed E-state index contributed by atoms with van der Waals surface area (Å²) in [6.07, 6.45) is 3.79. The fraction of sp³-hybridized carbons (Fsp3) is 0.125. The molecule has 2 nitrogen and oxygen atoms in total. The Balaban J connectivity index is 0.000000845. The monoisotopic (exact) mass is 324 g/mol. The standard InChI is InChI=1S/C8H6Br2N2.ClH/c1-5-2-8-11-3-7(10)12(8)4-6(5)9;/h2-4H,1H3;1H. The summed E-state index contributed by atoms with van der Waals surface area (Å²) in [6.45, 7) is 2.05. The second-order valence-electron chi connectivity index (χ2n) is 2.61. The Hall–Kier alpha value is -0.0600. The fourth-order valence-electron chi connectivity index (χ4n) is 1.07. The molecule has 2 aromatic heterocycles. The van der Waals surface area contributed by atoms with Gasteiger partial charge in [0, 0.05) is 10.7 Å². The number of pyridine rings is 1. The Kier molecular flexibility index (Phi) is 3.38. The van der Waals surface area contributed by atoms with Gasteiger partial charge in [0.15, 0.2) is 0 Å². The number of aromatic nitrogens is 2. The van der Waals surface area contributed by atoms with E-state index in [1.807, 2.05) is 23.6 Å². The summed E-state index contributed by atoms with van der Waals surface area (Å²) in [4.78, 5) is 4.22. The Morgan fingerprint density at radius 2 is 2.08 bits per heavy atom. The third-order valence-electron chi connectivity index (χ3n) is 1.75. The van der Waals surface area contributed by atoms with Crippen LogP contribution in [0.5, 0.6) is 0 Å². The van der Waals surface area contributed by atoms with E-state index in [0.29, 0.717) is 0 Å². The second-order valence-corrected chi connectivity index (χ2v) is 4.28. The molecule has 2 heterocycles. The minimum absolute atomic E-state index is 0. The van der Waals surface area contributed by atoms with Gasteiger partial charge in [-0.3, -0.25) is 4.40 Å². The van der Waals surface area contributed by atoms with Gasteiger partial charge in [-0.05, 0) is 50.4 Å². The van der Waals surface area contributed by atoms with E-state index in [0.717, 1.165) is 14.7 Å². The van der Waals surface area contributed by atoms with Gasteiger partial charge in [-0.25, -0.2) is 4.98 Å². The first-order chi connectivity index (χ1) is 5.68. The first-order valence-corrected chi connectivity index (χ1v) is 5.06. The van der Waals surface area contributed by atoms with Crippen LogP contribution in [-0.4, -0.2) is 9.38 Å².